The summed E-state index contributed by atoms with van der Waals surface area (Å²) in [4.78, 5) is 71.8. The summed E-state index contributed by atoms with van der Waals surface area (Å²) in [5.74, 6) is 2.99. The van der Waals surface area contributed by atoms with Gasteiger partial charge in [0.1, 0.15) is 64.0 Å². The van der Waals surface area contributed by atoms with Crippen molar-refractivity contribution in [3.63, 3.8) is 0 Å². The number of halogens is 11. The van der Waals surface area contributed by atoms with E-state index in [4.69, 9.17) is 28.2 Å². The highest BCUT2D eigenvalue weighted by Gasteiger charge is 2.36. The normalized spacial score (nSPS) is 12.4. The molecule has 0 bridgehead atoms. The second kappa shape index (κ2) is 39.1. The standard InChI is InChI=1S/C23H24ClFN8O.C23H22F4N8.C20H19ClFN7.C18H13F3N6/c1-32(2)20(34)13-33(3)9-8-15-11-19(28-22(27-15)16-6-4-5-7-18(16)24)29-23-17-10-14(25)12-26-21(17)30-31-23;24-14-11-17-20(29-13-14)33-34-22(17)32-19-12-15(5-8-35-9-6-28-7-10-35)30-21(31-19)16-3-1-2-4-18(16)23(25,26)27;1-29(2)8-7-13-10-17(25-19(24-13)14-5-3-4-6-16(14)21)26-20-15-9-12(22)11-23-18(15)27-28-20;1-10-9-14(25-17-12-6-4-8-22-15(12)26-27-17)24-16(23-10)11-5-2-3-7-13(11)18(19,20)21/h4-7,10-12H,8-9,13H2,1-3H3,(H2,26,27,28,29,30,31);1-4,11-13,28H,5-10H2,(H2,29,30,31,32,33,34);3-6,9-11H,7-8H2,1-2H3,(H2,23,24,25,26,27,28);2-9H,1H3,(H2,22,23,24,25,26,27). The van der Waals surface area contributed by atoms with Gasteiger partial charge in [0.2, 0.25) is 5.91 Å². The molecule has 0 atom stereocenters. The van der Waals surface area contributed by atoms with Crippen LogP contribution in [0.3, 0.4) is 0 Å². The van der Waals surface area contributed by atoms with Crippen molar-refractivity contribution in [2.45, 2.75) is 38.5 Å². The second-order valence-electron chi connectivity index (χ2n) is 29.0. The summed E-state index contributed by atoms with van der Waals surface area (Å²) in [5.41, 5.74) is 3.99. The molecule has 1 aliphatic heterocycles. The maximum absolute atomic E-state index is 13.7. The van der Waals surface area contributed by atoms with Gasteiger partial charge in [0.05, 0.1) is 67.9 Å². The molecule has 4 aromatic carbocycles. The molecule has 12 aromatic heterocycles. The van der Waals surface area contributed by atoms with Gasteiger partial charge >= 0.3 is 12.4 Å². The molecule has 41 heteroatoms. The SMILES string of the molecule is CN(C)CCc1cc(Nc2[nH]nc3ncc(F)cc23)nc(-c2ccccc2Cl)n1.CN(CCc1cc(Nc2[nH]nc3ncc(F)cc23)nc(-c2ccccc2Cl)n1)CC(=O)N(C)C.Cc1cc(Nc2[nH]nc3ncccc23)nc(-c2ccccc2C(F)(F)F)n1.Fc1cnc2n[nH]c(Nc3cc(CCN4CCNCC4)nc(-c4ccccc4C(F)(F)F)n3)c2c1. The molecule has 0 aliphatic carbocycles. The largest absolute Gasteiger partial charge is 0.417 e. The summed E-state index contributed by atoms with van der Waals surface area (Å²) >= 11 is 12.8. The Labute approximate surface area is 716 Å². The van der Waals surface area contributed by atoms with Crippen LogP contribution in [-0.4, -0.2) is 214 Å². The van der Waals surface area contributed by atoms with Crippen molar-refractivity contribution in [1.82, 2.24) is 126 Å². The number of carbonyl (C=O) groups excluding carboxylic acids is 1. The number of likely N-dealkylation sites (N-methyl/N-ethyl adjacent to an activating group) is 3. The van der Waals surface area contributed by atoms with E-state index >= 15 is 0 Å². The van der Waals surface area contributed by atoms with E-state index in [9.17, 15) is 44.3 Å². The molecule has 1 saturated heterocycles. The van der Waals surface area contributed by atoms with Crippen LogP contribution in [0.25, 0.3) is 89.7 Å². The minimum absolute atomic E-state index is 0.00706. The molecule has 1 aliphatic rings. The molecule has 0 spiro atoms. The van der Waals surface area contributed by atoms with Crippen LogP contribution in [0.4, 0.5) is 86.1 Å². The van der Waals surface area contributed by atoms with Crippen LogP contribution in [0.5, 0.6) is 0 Å². The van der Waals surface area contributed by atoms with Gasteiger partial charge in [0.15, 0.2) is 45.9 Å². The number of aromatic amines is 4. The lowest BCUT2D eigenvalue weighted by molar-refractivity contribution is -0.137. The van der Waals surface area contributed by atoms with Gasteiger partial charge in [0.25, 0.3) is 0 Å². The second-order valence-corrected chi connectivity index (χ2v) is 29.8. The molecule has 0 saturated carbocycles. The monoisotopic (exact) mass is 1750 g/mol. The first-order valence-corrected chi connectivity index (χ1v) is 39.5. The molecule has 0 unspecified atom stereocenters. The summed E-state index contributed by atoms with van der Waals surface area (Å²) in [6.45, 7) is 7.70. The number of piperazine rings is 1. The summed E-state index contributed by atoms with van der Waals surface area (Å²) in [5, 5.41) is 46.5. The van der Waals surface area contributed by atoms with Gasteiger partial charge in [-0.3, -0.25) is 30.1 Å². The summed E-state index contributed by atoms with van der Waals surface area (Å²) in [6.07, 6.45) is -2.30. The molecule has 0 radical (unpaired) electrons. The van der Waals surface area contributed by atoms with Crippen molar-refractivity contribution < 1.29 is 44.3 Å². The number of alkyl halides is 6. The molecule has 9 N–H and O–H groups in total. The Kier molecular flexibility index (Phi) is 27.4. The van der Waals surface area contributed by atoms with Gasteiger partial charge in [-0.15, -0.1) is 0 Å². The predicted octanol–water partition coefficient (Wildman–Crippen LogP) is 15.8. The van der Waals surface area contributed by atoms with Crippen molar-refractivity contribution in [3.8, 4) is 45.6 Å². The van der Waals surface area contributed by atoms with E-state index in [0.29, 0.717) is 151 Å². The minimum atomic E-state index is -4.56. The number of nitrogens with zero attached hydrogens (tertiary/aromatic N) is 20. The van der Waals surface area contributed by atoms with Gasteiger partial charge < -0.3 is 41.3 Å². The Morgan fingerprint density at radius 3 is 1.24 bits per heavy atom. The lowest BCUT2D eigenvalue weighted by Crippen LogP contribution is -2.44. The van der Waals surface area contributed by atoms with E-state index in [2.05, 4.69) is 132 Å². The molecule has 17 rings (SSSR count). The van der Waals surface area contributed by atoms with Crippen molar-refractivity contribution in [2.24, 2.45) is 0 Å². The number of anilines is 8. The van der Waals surface area contributed by atoms with Crippen molar-refractivity contribution in [3.05, 3.63) is 238 Å². The van der Waals surface area contributed by atoms with E-state index in [-0.39, 0.29) is 34.5 Å². The Balaban J connectivity index is 0.000000136. The zero-order valence-corrected chi connectivity index (χ0v) is 69.0. The fraction of sp³-hybridized carbons (Fsp3) is 0.226. The quantitative estimate of drug-likeness (QED) is 0.0269. The maximum atomic E-state index is 13.7. The lowest BCUT2D eigenvalue weighted by atomic mass is 10.1. The lowest BCUT2D eigenvalue weighted by Gasteiger charge is -2.27. The molecule has 1 amide bonds. The number of H-pyrrole nitrogens is 4. The number of aryl methyl sites for hydroxylation is 1. The average Bonchev–Trinajstić information content (AvgIpc) is 1.56. The first-order valence-electron chi connectivity index (χ1n) is 38.7. The molecule has 16 aromatic rings. The van der Waals surface area contributed by atoms with Crippen LogP contribution in [-0.2, 0) is 36.4 Å². The van der Waals surface area contributed by atoms with Crippen LogP contribution >= 0.6 is 23.2 Å². The predicted molar refractivity (Wildman–Crippen MR) is 458 cm³/mol. The smallest absolute Gasteiger partial charge is 0.348 e. The minimum Gasteiger partial charge on any atom is -0.348 e. The highest BCUT2D eigenvalue weighted by Crippen LogP contribution is 2.40. The zero-order chi connectivity index (χ0) is 88.1. The number of aromatic nitrogens is 20. The third kappa shape index (κ3) is 22.5. The molecule has 642 valence electrons. The number of nitrogens with one attached hydrogen (secondary N) is 9. The summed E-state index contributed by atoms with van der Waals surface area (Å²) in [6, 6.07) is 39.8. The fourth-order valence-electron chi connectivity index (χ4n) is 13.0. The molecule has 1 fully saturated rings. The van der Waals surface area contributed by atoms with Crippen LogP contribution in [0, 0.1) is 24.4 Å². The van der Waals surface area contributed by atoms with Gasteiger partial charge in [-0.05, 0) is 94.8 Å². The number of amides is 1. The van der Waals surface area contributed by atoms with Crippen LogP contribution < -0.4 is 26.6 Å². The number of hydrogen-bond acceptors (Lipinski definition) is 25. The third-order valence-corrected chi connectivity index (χ3v) is 19.9. The Hall–Kier alpha value is -13.9. The molecule has 13 heterocycles. The topological polar surface area (TPSA) is 360 Å². The van der Waals surface area contributed by atoms with Crippen molar-refractivity contribution in [2.75, 3.05) is 109 Å². The van der Waals surface area contributed by atoms with Crippen LogP contribution in [0.2, 0.25) is 10.0 Å². The molecular formula is C84H78Cl2F9N29O. The van der Waals surface area contributed by atoms with E-state index < -0.39 is 40.9 Å². The Morgan fingerprint density at radius 1 is 0.440 bits per heavy atom. The first kappa shape index (κ1) is 87.5. The number of benzene rings is 4. The van der Waals surface area contributed by atoms with Gasteiger partial charge in [-0.1, -0.05) is 83.9 Å². The Morgan fingerprint density at radius 2 is 0.816 bits per heavy atom. The number of pyridine rings is 4. The number of fused-ring (bicyclic) bond motifs is 4. The Bertz CT molecular complexity index is 6480. The average molecular weight is 1750 g/mol. The highest BCUT2D eigenvalue weighted by atomic mass is 35.5. The van der Waals surface area contributed by atoms with E-state index in [1.165, 1.54) is 54.6 Å². The number of carbonyl (C=O) groups is 1. The molecule has 125 heavy (non-hydrogen) atoms. The van der Waals surface area contributed by atoms with Crippen molar-refractivity contribution >= 4 is 120 Å². The van der Waals surface area contributed by atoms with E-state index in [1.54, 1.807) is 68.5 Å². The third-order valence-electron chi connectivity index (χ3n) is 19.2. The fourth-order valence-corrected chi connectivity index (χ4v) is 13.4. The van der Waals surface area contributed by atoms with Gasteiger partial charge in [-0.25, -0.2) is 73.0 Å². The summed E-state index contributed by atoms with van der Waals surface area (Å²) in [7, 11) is 9.36. The molecule has 30 nitrogen and oxygen atoms in total. The summed E-state index contributed by atoms with van der Waals surface area (Å²) < 4.78 is 122. The van der Waals surface area contributed by atoms with E-state index in [0.717, 1.165) is 92.2 Å². The van der Waals surface area contributed by atoms with E-state index in [1.807, 2.05) is 74.6 Å². The van der Waals surface area contributed by atoms with Gasteiger partial charge in [-0.2, -0.15) is 46.7 Å². The van der Waals surface area contributed by atoms with Crippen LogP contribution in [0.1, 0.15) is 33.9 Å². The highest BCUT2D eigenvalue weighted by molar-refractivity contribution is 6.33. The van der Waals surface area contributed by atoms with Crippen molar-refractivity contribution in [1.29, 1.82) is 0 Å². The molecular weight excluding hydrogens is 1670 g/mol. The van der Waals surface area contributed by atoms with Crippen LogP contribution in [0.15, 0.2) is 176 Å². The number of rotatable bonds is 23. The number of hydrogen-bond donors (Lipinski definition) is 9. The first-order chi connectivity index (χ1) is 60.1. The van der Waals surface area contributed by atoms with Gasteiger partial charge in [0, 0.05) is 155 Å². The zero-order valence-electron chi connectivity index (χ0n) is 67.5. The maximum Gasteiger partial charge on any atom is 0.417 e.